The standard InChI is InChI=1S/C60H47N/c1-3-14-41(15-4-1)43-26-30-47(31-27-43)61(48-32-28-44(29-33-48)42-16-5-2-6-17-42)59-53-21-9-7-19-50(53)57(51-20-8-10-22-54(51)59)55-24-13-23-52-49-18-11-12-25-56(49)60(58(52)55)45-35-39-34-40(37-45)38-46(60)36-39/h1-33,39-40,45-46H,34-38H2. The van der Waals surface area contributed by atoms with Crippen molar-refractivity contribution >= 4 is 38.6 Å². The predicted octanol–water partition coefficient (Wildman–Crippen LogP) is 16.2. The van der Waals surface area contributed by atoms with Crippen molar-refractivity contribution in [3.8, 4) is 44.5 Å². The smallest absolute Gasteiger partial charge is 0.0618 e. The van der Waals surface area contributed by atoms with Crippen LogP contribution in [0, 0.1) is 23.7 Å². The molecule has 5 aliphatic rings. The summed E-state index contributed by atoms with van der Waals surface area (Å²) in [6.07, 6.45) is 6.94. The van der Waals surface area contributed by atoms with Crippen LogP contribution >= 0.6 is 0 Å². The van der Waals surface area contributed by atoms with Gasteiger partial charge >= 0.3 is 0 Å². The van der Waals surface area contributed by atoms with Gasteiger partial charge in [-0.2, -0.15) is 0 Å². The van der Waals surface area contributed by atoms with Gasteiger partial charge in [0.1, 0.15) is 0 Å². The summed E-state index contributed by atoms with van der Waals surface area (Å²) in [5.41, 5.74) is 17.4. The molecule has 4 fully saturated rings. The van der Waals surface area contributed by atoms with Crippen LogP contribution in [0.1, 0.15) is 43.2 Å². The van der Waals surface area contributed by atoms with Gasteiger partial charge in [-0.15, -0.1) is 0 Å². The highest BCUT2D eigenvalue weighted by molar-refractivity contribution is 6.23. The van der Waals surface area contributed by atoms with Gasteiger partial charge in [-0.1, -0.05) is 176 Å². The van der Waals surface area contributed by atoms with Crippen LogP contribution in [0.25, 0.3) is 66.1 Å². The zero-order valence-corrected chi connectivity index (χ0v) is 34.3. The van der Waals surface area contributed by atoms with Crippen LogP contribution in [-0.2, 0) is 5.41 Å². The van der Waals surface area contributed by atoms with Gasteiger partial charge in [-0.25, -0.2) is 0 Å². The molecule has 5 aliphatic carbocycles. The minimum absolute atomic E-state index is 0.0594. The van der Waals surface area contributed by atoms with E-state index in [2.05, 4.69) is 205 Å². The van der Waals surface area contributed by atoms with E-state index < -0.39 is 0 Å². The Labute approximate surface area is 359 Å². The largest absolute Gasteiger partial charge is 0.309 e. The molecule has 0 saturated heterocycles. The first-order valence-corrected chi connectivity index (χ1v) is 22.5. The fraction of sp³-hybridized carbons (Fsp3) is 0.167. The Morgan fingerprint density at radius 2 is 0.770 bits per heavy atom. The molecule has 0 radical (unpaired) electrons. The first-order valence-electron chi connectivity index (χ1n) is 22.5. The summed E-state index contributed by atoms with van der Waals surface area (Å²) >= 11 is 0. The molecule has 14 rings (SSSR count). The van der Waals surface area contributed by atoms with Crippen LogP contribution in [0.2, 0.25) is 0 Å². The third kappa shape index (κ3) is 5.20. The number of fused-ring (bicyclic) bond motifs is 5. The number of hydrogen-bond acceptors (Lipinski definition) is 1. The number of rotatable bonds is 6. The van der Waals surface area contributed by atoms with Crippen molar-refractivity contribution in [1.29, 1.82) is 0 Å². The first kappa shape index (κ1) is 35.1. The summed E-state index contributed by atoms with van der Waals surface area (Å²) < 4.78 is 0. The maximum atomic E-state index is 2.52. The Balaban J connectivity index is 1.07. The average Bonchev–Trinajstić information content (AvgIpc) is 3.62. The topological polar surface area (TPSA) is 3.24 Å². The van der Waals surface area contributed by atoms with Crippen LogP contribution in [0.4, 0.5) is 17.1 Å². The van der Waals surface area contributed by atoms with Crippen molar-refractivity contribution in [2.45, 2.75) is 37.5 Å². The summed E-state index contributed by atoms with van der Waals surface area (Å²) in [6.45, 7) is 0. The van der Waals surface area contributed by atoms with Gasteiger partial charge in [-0.05, 0) is 146 Å². The minimum Gasteiger partial charge on any atom is -0.309 e. The van der Waals surface area contributed by atoms with Crippen LogP contribution in [-0.4, -0.2) is 0 Å². The molecule has 1 spiro atoms. The molecule has 4 bridgehead atoms. The summed E-state index contributed by atoms with van der Waals surface area (Å²) in [7, 11) is 0. The Kier molecular flexibility index (Phi) is 7.86. The third-order valence-electron chi connectivity index (χ3n) is 15.4. The molecule has 0 N–H and O–H groups in total. The van der Waals surface area contributed by atoms with E-state index >= 15 is 0 Å². The second-order valence-corrected chi connectivity index (χ2v) is 18.4. The molecule has 0 atom stereocenters. The van der Waals surface area contributed by atoms with Gasteiger partial charge in [0.2, 0.25) is 0 Å². The molecule has 4 saturated carbocycles. The van der Waals surface area contributed by atoms with Gasteiger partial charge in [0, 0.05) is 27.6 Å². The van der Waals surface area contributed by atoms with E-state index in [1.54, 1.807) is 11.1 Å². The van der Waals surface area contributed by atoms with Gasteiger partial charge in [-0.3, -0.25) is 0 Å². The highest BCUT2D eigenvalue weighted by Crippen LogP contribution is 2.70. The molecule has 292 valence electrons. The first-order chi connectivity index (χ1) is 30.2. The van der Waals surface area contributed by atoms with Gasteiger partial charge < -0.3 is 4.90 Å². The molecule has 61 heavy (non-hydrogen) atoms. The lowest BCUT2D eigenvalue weighted by atomic mass is 9.42. The molecule has 0 amide bonds. The lowest BCUT2D eigenvalue weighted by Crippen LogP contribution is -2.55. The summed E-state index contributed by atoms with van der Waals surface area (Å²) in [5.74, 6) is 3.17. The van der Waals surface area contributed by atoms with E-state index in [-0.39, 0.29) is 5.41 Å². The number of anilines is 3. The van der Waals surface area contributed by atoms with Crippen LogP contribution in [0.15, 0.2) is 200 Å². The molecule has 1 heteroatoms. The lowest BCUT2D eigenvalue weighted by Gasteiger charge is -2.61. The van der Waals surface area contributed by atoms with Gasteiger partial charge in [0.15, 0.2) is 0 Å². The number of benzene rings is 9. The third-order valence-corrected chi connectivity index (χ3v) is 15.4. The highest BCUT2D eigenvalue weighted by Gasteiger charge is 2.62. The SMILES string of the molecule is c1ccc(-c2ccc(N(c3ccc(-c4ccccc4)cc3)c3c4ccccc4c(-c4cccc5c4C4(c6ccccc6-5)C5CC6CC(C5)CC4C6)c4ccccc34)cc2)cc1. The monoisotopic (exact) mass is 781 g/mol. The summed E-state index contributed by atoms with van der Waals surface area (Å²) in [6, 6.07) is 75.2. The van der Waals surface area contributed by atoms with E-state index in [0.29, 0.717) is 11.8 Å². The molecular weight excluding hydrogens is 735 g/mol. The Morgan fingerprint density at radius 1 is 0.344 bits per heavy atom. The van der Waals surface area contributed by atoms with Crippen molar-refractivity contribution in [3.05, 3.63) is 211 Å². The van der Waals surface area contributed by atoms with Crippen LogP contribution in [0.3, 0.4) is 0 Å². The predicted molar refractivity (Wildman–Crippen MR) is 256 cm³/mol. The molecule has 0 aromatic heterocycles. The molecule has 0 heterocycles. The van der Waals surface area contributed by atoms with Crippen molar-refractivity contribution in [1.82, 2.24) is 0 Å². The second-order valence-electron chi connectivity index (χ2n) is 18.4. The maximum absolute atomic E-state index is 2.52. The fourth-order valence-corrected chi connectivity index (χ4v) is 13.3. The average molecular weight is 782 g/mol. The second kappa shape index (κ2) is 13.7. The molecule has 9 aromatic rings. The quantitative estimate of drug-likeness (QED) is 0.152. The molecule has 1 nitrogen and oxygen atoms in total. The maximum Gasteiger partial charge on any atom is 0.0618 e. The summed E-state index contributed by atoms with van der Waals surface area (Å²) in [4.78, 5) is 2.52. The number of nitrogens with zero attached hydrogens (tertiary/aromatic N) is 1. The van der Waals surface area contributed by atoms with Crippen molar-refractivity contribution in [2.24, 2.45) is 23.7 Å². The van der Waals surface area contributed by atoms with Crippen molar-refractivity contribution in [2.75, 3.05) is 4.90 Å². The van der Waals surface area contributed by atoms with E-state index in [9.17, 15) is 0 Å². The number of hydrogen-bond donors (Lipinski definition) is 0. The van der Waals surface area contributed by atoms with Crippen molar-refractivity contribution in [3.63, 3.8) is 0 Å². The molecule has 9 aromatic carbocycles. The summed E-state index contributed by atoms with van der Waals surface area (Å²) in [5, 5.41) is 5.16. The Bertz CT molecular complexity index is 2960. The lowest BCUT2D eigenvalue weighted by molar-refractivity contribution is -0.0397. The zero-order chi connectivity index (χ0) is 40.1. The van der Waals surface area contributed by atoms with E-state index in [0.717, 1.165) is 23.2 Å². The fourth-order valence-electron chi connectivity index (χ4n) is 13.3. The van der Waals surface area contributed by atoms with Crippen molar-refractivity contribution < 1.29 is 0 Å². The zero-order valence-electron chi connectivity index (χ0n) is 34.3. The molecule has 0 aliphatic heterocycles. The minimum atomic E-state index is 0.0594. The Morgan fingerprint density at radius 3 is 1.31 bits per heavy atom. The van der Waals surface area contributed by atoms with E-state index in [4.69, 9.17) is 0 Å². The van der Waals surface area contributed by atoms with E-state index in [1.165, 1.54) is 104 Å². The Hall–Kier alpha value is -6.70. The normalized spacial score (nSPS) is 21.8. The molecular formula is C60H47N. The van der Waals surface area contributed by atoms with Crippen LogP contribution in [0.5, 0.6) is 0 Å². The van der Waals surface area contributed by atoms with Gasteiger partial charge in [0.25, 0.3) is 0 Å². The van der Waals surface area contributed by atoms with E-state index in [1.807, 2.05) is 0 Å². The van der Waals surface area contributed by atoms with Crippen LogP contribution < -0.4 is 4.90 Å². The van der Waals surface area contributed by atoms with Gasteiger partial charge in [0.05, 0.1) is 5.69 Å². The molecule has 0 unspecified atom stereocenters. The highest BCUT2D eigenvalue weighted by atomic mass is 15.1.